The van der Waals surface area contributed by atoms with Gasteiger partial charge in [0.1, 0.15) is 5.78 Å². The topological polar surface area (TPSA) is 17.1 Å². The molecule has 0 spiro atoms. The number of fused-ring (bicyclic) bond motifs is 4. The highest BCUT2D eigenvalue weighted by molar-refractivity contribution is 5.84. The van der Waals surface area contributed by atoms with Gasteiger partial charge in [0.05, 0.1) is 0 Å². The average Bonchev–Trinajstić information content (AvgIpc) is 2.19. The Bertz CT molecular complexity index is 321. The van der Waals surface area contributed by atoms with Crippen molar-refractivity contribution in [3.8, 4) is 0 Å². The lowest BCUT2D eigenvalue weighted by molar-refractivity contribution is -0.176. The van der Waals surface area contributed by atoms with Gasteiger partial charge in [-0.3, -0.25) is 4.79 Å². The van der Waals surface area contributed by atoms with E-state index in [0.29, 0.717) is 23.0 Å². The first-order valence-corrected chi connectivity index (χ1v) is 7.65. The maximum absolute atomic E-state index is 12.3. The molecule has 3 saturated carbocycles. The summed E-state index contributed by atoms with van der Waals surface area (Å²) >= 11 is 0. The lowest BCUT2D eigenvalue weighted by Crippen LogP contribution is -2.61. The van der Waals surface area contributed by atoms with Crippen LogP contribution in [0.1, 0.15) is 65.2 Å². The first-order chi connectivity index (χ1) is 8.13. The largest absolute Gasteiger partial charge is 0.299 e. The lowest BCUT2D eigenvalue weighted by atomic mass is 9.40. The Kier molecular flexibility index (Phi) is 2.83. The predicted octanol–water partition coefficient (Wildman–Crippen LogP) is 4.21. The SMILES string of the molecule is CC1CC(=O)C2C3CCCCCCC3C2(C)C1. The van der Waals surface area contributed by atoms with E-state index in [0.717, 1.165) is 18.3 Å². The minimum Gasteiger partial charge on any atom is -0.299 e. The molecule has 0 heterocycles. The van der Waals surface area contributed by atoms with E-state index in [2.05, 4.69) is 13.8 Å². The van der Waals surface area contributed by atoms with Gasteiger partial charge in [-0.05, 0) is 42.4 Å². The molecule has 1 nitrogen and oxygen atoms in total. The number of Topliss-reactive ketones (excluding diaryl/α,β-unsaturated/α-hetero) is 1. The van der Waals surface area contributed by atoms with Crippen molar-refractivity contribution in [2.45, 2.75) is 65.2 Å². The first-order valence-electron chi connectivity index (χ1n) is 7.65. The van der Waals surface area contributed by atoms with Crippen LogP contribution in [0.3, 0.4) is 0 Å². The summed E-state index contributed by atoms with van der Waals surface area (Å²) in [5, 5.41) is 0. The fourth-order valence-corrected chi connectivity index (χ4v) is 5.51. The van der Waals surface area contributed by atoms with Crippen molar-refractivity contribution in [3.05, 3.63) is 0 Å². The predicted molar refractivity (Wildman–Crippen MR) is 69.7 cm³/mol. The second-order valence-corrected chi connectivity index (χ2v) is 7.23. The summed E-state index contributed by atoms with van der Waals surface area (Å²) in [6.45, 7) is 4.70. The van der Waals surface area contributed by atoms with Gasteiger partial charge in [0.15, 0.2) is 0 Å². The molecule has 0 aromatic heterocycles. The lowest BCUT2D eigenvalue weighted by Gasteiger charge is -2.63. The zero-order chi connectivity index (χ0) is 12.0. The van der Waals surface area contributed by atoms with Gasteiger partial charge in [0.2, 0.25) is 0 Å². The molecule has 0 N–H and O–H groups in total. The molecule has 5 unspecified atom stereocenters. The van der Waals surface area contributed by atoms with E-state index < -0.39 is 0 Å². The summed E-state index contributed by atoms with van der Waals surface area (Å²) in [4.78, 5) is 12.3. The molecule has 0 bridgehead atoms. The third-order valence-electron chi connectivity index (χ3n) is 5.99. The highest BCUT2D eigenvalue weighted by Gasteiger charge is 2.62. The van der Waals surface area contributed by atoms with Crippen molar-refractivity contribution in [1.29, 1.82) is 0 Å². The molecule has 1 heteroatoms. The highest BCUT2D eigenvalue weighted by Crippen LogP contribution is 2.65. The van der Waals surface area contributed by atoms with E-state index >= 15 is 0 Å². The second-order valence-electron chi connectivity index (χ2n) is 7.23. The number of carbonyl (C=O) groups excluding carboxylic acids is 1. The third kappa shape index (κ3) is 1.69. The van der Waals surface area contributed by atoms with Gasteiger partial charge in [-0.25, -0.2) is 0 Å². The van der Waals surface area contributed by atoms with E-state index in [1.54, 1.807) is 0 Å². The third-order valence-corrected chi connectivity index (χ3v) is 5.99. The monoisotopic (exact) mass is 234 g/mol. The van der Waals surface area contributed by atoms with Gasteiger partial charge in [-0.1, -0.05) is 39.5 Å². The van der Waals surface area contributed by atoms with Crippen molar-refractivity contribution in [2.24, 2.45) is 29.1 Å². The molecule has 3 aliphatic rings. The summed E-state index contributed by atoms with van der Waals surface area (Å²) in [5.41, 5.74) is 0.386. The summed E-state index contributed by atoms with van der Waals surface area (Å²) in [7, 11) is 0. The Balaban J connectivity index is 1.83. The van der Waals surface area contributed by atoms with Crippen LogP contribution in [0.4, 0.5) is 0 Å². The van der Waals surface area contributed by atoms with E-state index in [9.17, 15) is 4.79 Å². The van der Waals surface area contributed by atoms with Gasteiger partial charge in [0, 0.05) is 12.3 Å². The molecule has 5 atom stereocenters. The quantitative estimate of drug-likeness (QED) is 0.613. The molecule has 0 aromatic carbocycles. The molecule has 3 fully saturated rings. The van der Waals surface area contributed by atoms with Crippen LogP contribution in [0.15, 0.2) is 0 Å². The molecular formula is C16H26O. The standard InChI is InChI=1S/C16H26O/c1-11-9-14(17)15-12-7-5-3-4-6-8-13(12)16(15,2)10-11/h11-13,15H,3-10H2,1-2H3. The molecular weight excluding hydrogens is 208 g/mol. The molecule has 0 radical (unpaired) electrons. The molecule has 3 rings (SSSR count). The maximum Gasteiger partial charge on any atom is 0.137 e. The molecule has 3 aliphatic carbocycles. The normalized spacial score (nSPS) is 50.6. The van der Waals surface area contributed by atoms with Crippen molar-refractivity contribution < 1.29 is 4.79 Å². The van der Waals surface area contributed by atoms with Gasteiger partial charge in [0.25, 0.3) is 0 Å². The second kappa shape index (κ2) is 4.10. The van der Waals surface area contributed by atoms with Crippen LogP contribution in [0.25, 0.3) is 0 Å². The number of rotatable bonds is 0. The van der Waals surface area contributed by atoms with Gasteiger partial charge < -0.3 is 0 Å². The minimum absolute atomic E-state index is 0.386. The zero-order valence-electron chi connectivity index (χ0n) is 11.4. The van der Waals surface area contributed by atoms with E-state index in [4.69, 9.17) is 0 Å². The maximum atomic E-state index is 12.3. The Labute approximate surface area is 105 Å². The molecule has 0 saturated heterocycles. The van der Waals surface area contributed by atoms with Crippen molar-refractivity contribution in [2.75, 3.05) is 0 Å². The van der Waals surface area contributed by atoms with E-state index in [1.807, 2.05) is 0 Å². The highest BCUT2D eigenvalue weighted by atomic mass is 16.1. The first kappa shape index (κ1) is 11.7. The summed E-state index contributed by atoms with van der Waals surface area (Å²) < 4.78 is 0. The fourth-order valence-electron chi connectivity index (χ4n) is 5.51. The minimum atomic E-state index is 0.386. The van der Waals surface area contributed by atoms with Gasteiger partial charge in [-0.2, -0.15) is 0 Å². The number of hydrogen-bond donors (Lipinski definition) is 0. The summed E-state index contributed by atoms with van der Waals surface area (Å²) in [6, 6.07) is 0. The fraction of sp³-hybridized carbons (Fsp3) is 0.938. The van der Waals surface area contributed by atoms with Crippen molar-refractivity contribution in [3.63, 3.8) is 0 Å². The van der Waals surface area contributed by atoms with Crippen LogP contribution in [0, 0.1) is 29.1 Å². The van der Waals surface area contributed by atoms with Crippen LogP contribution in [0.2, 0.25) is 0 Å². The molecule has 0 aromatic rings. The number of ketones is 1. The molecule has 17 heavy (non-hydrogen) atoms. The summed E-state index contributed by atoms with van der Waals surface area (Å²) in [6.07, 6.45) is 10.5. The van der Waals surface area contributed by atoms with E-state index in [-0.39, 0.29) is 0 Å². The van der Waals surface area contributed by atoms with E-state index in [1.165, 1.54) is 44.9 Å². The van der Waals surface area contributed by atoms with Crippen molar-refractivity contribution >= 4 is 5.78 Å². The van der Waals surface area contributed by atoms with Crippen LogP contribution >= 0.6 is 0 Å². The van der Waals surface area contributed by atoms with Crippen LogP contribution in [-0.4, -0.2) is 5.78 Å². The van der Waals surface area contributed by atoms with Crippen LogP contribution in [-0.2, 0) is 4.79 Å². The van der Waals surface area contributed by atoms with Crippen LogP contribution < -0.4 is 0 Å². The zero-order valence-corrected chi connectivity index (χ0v) is 11.4. The molecule has 0 amide bonds. The molecule has 0 aliphatic heterocycles. The van der Waals surface area contributed by atoms with Crippen molar-refractivity contribution in [1.82, 2.24) is 0 Å². The summed E-state index contributed by atoms with van der Waals surface area (Å²) in [5.74, 6) is 3.32. The Hall–Kier alpha value is -0.330. The van der Waals surface area contributed by atoms with Gasteiger partial charge in [-0.15, -0.1) is 0 Å². The Morgan fingerprint density at radius 2 is 1.82 bits per heavy atom. The number of carbonyl (C=O) groups is 1. The molecule has 96 valence electrons. The number of hydrogen-bond acceptors (Lipinski definition) is 1. The average molecular weight is 234 g/mol. The Morgan fingerprint density at radius 3 is 2.59 bits per heavy atom. The Morgan fingerprint density at radius 1 is 1.12 bits per heavy atom. The smallest absolute Gasteiger partial charge is 0.137 e. The van der Waals surface area contributed by atoms with Gasteiger partial charge >= 0.3 is 0 Å². The van der Waals surface area contributed by atoms with Crippen LogP contribution in [0.5, 0.6) is 0 Å².